The molecule has 0 heterocycles. The van der Waals surface area contributed by atoms with Crippen LogP contribution in [0.3, 0.4) is 0 Å². The number of amides is 2. The highest BCUT2D eigenvalue weighted by Gasteiger charge is 2.14. The number of rotatable bonds is 8. The van der Waals surface area contributed by atoms with Gasteiger partial charge in [-0.1, -0.05) is 24.3 Å². The number of benzene rings is 1. The third kappa shape index (κ3) is 6.40. The van der Waals surface area contributed by atoms with E-state index < -0.39 is 0 Å². The fourth-order valence-corrected chi connectivity index (χ4v) is 1.95. The summed E-state index contributed by atoms with van der Waals surface area (Å²) in [6, 6.07) is 7.87. The van der Waals surface area contributed by atoms with Crippen LogP contribution in [0.5, 0.6) is 0 Å². The maximum atomic E-state index is 11.9. The zero-order valence-electron chi connectivity index (χ0n) is 13.0. The van der Waals surface area contributed by atoms with Crippen molar-refractivity contribution in [1.82, 2.24) is 10.2 Å². The van der Waals surface area contributed by atoms with Crippen LogP contribution in [0.15, 0.2) is 24.3 Å². The van der Waals surface area contributed by atoms with E-state index in [9.17, 15) is 9.59 Å². The molecule has 0 radical (unpaired) electrons. The molecule has 116 valence electrons. The van der Waals surface area contributed by atoms with Crippen molar-refractivity contribution in [3.05, 3.63) is 35.4 Å². The Morgan fingerprint density at radius 2 is 2.00 bits per heavy atom. The summed E-state index contributed by atoms with van der Waals surface area (Å²) in [4.78, 5) is 25.1. The van der Waals surface area contributed by atoms with Crippen LogP contribution in [0.4, 0.5) is 0 Å². The van der Waals surface area contributed by atoms with Crippen molar-refractivity contribution in [2.75, 3.05) is 26.8 Å². The average Bonchev–Trinajstić information content (AvgIpc) is 2.45. The van der Waals surface area contributed by atoms with Crippen LogP contribution in [0.2, 0.25) is 0 Å². The van der Waals surface area contributed by atoms with Gasteiger partial charge in [-0.3, -0.25) is 9.59 Å². The van der Waals surface area contributed by atoms with Crippen LogP contribution < -0.4 is 5.32 Å². The molecule has 5 nitrogen and oxygen atoms in total. The second kappa shape index (κ2) is 9.13. The molecule has 1 aromatic carbocycles. The molecule has 0 fully saturated rings. The Morgan fingerprint density at radius 1 is 1.29 bits per heavy atom. The van der Waals surface area contributed by atoms with E-state index in [1.54, 1.807) is 12.0 Å². The first kappa shape index (κ1) is 17.2. The van der Waals surface area contributed by atoms with Gasteiger partial charge in [-0.2, -0.15) is 0 Å². The van der Waals surface area contributed by atoms with Crippen molar-refractivity contribution in [1.29, 1.82) is 0 Å². The molecule has 0 spiro atoms. The topological polar surface area (TPSA) is 58.6 Å². The van der Waals surface area contributed by atoms with Crippen molar-refractivity contribution < 1.29 is 14.3 Å². The van der Waals surface area contributed by atoms with Crippen LogP contribution in [0.25, 0.3) is 0 Å². The molecule has 0 aliphatic carbocycles. The molecule has 0 atom stereocenters. The van der Waals surface area contributed by atoms with Crippen LogP contribution in [0, 0.1) is 6.92 Å². The summed E-state index contributed by atoms with van der Waals surface area (Å²) >= 11 is 0. The number of nitrogens with one attached hydrogen (secondary N) is 1. The van der Waals surface area contributed by atoms with E-state index >= 15 is 0 Å². The predicted molar refractivity (Wildman–Crippen MR) is 81.8 cm³/mol. The Hall–Kier alpha value is -1.88. The lowest BCUT2D eigenvalue weighted by Gasteiger charge is -2.21. The van der Waals surface area contributed by atoms with Gasteiger partial charge < -0.3 is 15.0 Å². The van der Waals surface area contributed by atoms with Crippen LogP contribution in [0.1, 0.15) is 24.5 Å². The van der Waals surface area contributed by atoms with Crippen molar-refractivity contribution in [2.45, 2.75) is 26.8 Å². The lowest BCUT2D eigenvalue weighted by Crippen LogP contribution is -2.39. The van der Waals surface area contributed by atoms with Gasteiger partial charge in [0.1, 0.15) is 0 Å². The molecule has 0 aliphatic rings. The van der Waals surface area contributed by atoms with Crippen molar-refractivity contribution in [3.8, 4) is 0 Å². The first-order chi connectivity index (χ1) is 10.0. The second-order valence-electron chi connectivity index (χ2n) is 5.00. The van der Waals surface area contributed by atoms with E-state index in [-0.39, 0.29) is 18.4 Å². The molecule has 0 saturated heterocycles. The molecular formula is C16H24N2O3. The first-order valence-corrected chi connectivity index (χ1v) is 7.10. The predicted octanol–water partition coefficient (Wildman–Crippen LogP) is 1.50. The Balaban J connectivity index is 2.52. The molecule has 0 aromatic heterocycles. The van der Waals surface area contributed by atoms with Crippen molar-refractivity contribution >= 4 is 11.8 Å². The van der Waals surface area contributed by atoms with Gasteiger partial charge in [0.2, 0.25) is 11.8 Å². The molecule has 0 bridgehead atoms. The molecule has 1 aromatic rings. The summed E-state index contributed by atoms with van der Waals surface area (Å²) in [5.41, 5.74) is 2.17. The van der Waals surface area contributed by atoms with E-state index in [1.807, 2.05) is 31.2 Å². The molecule has 0 aliphatic heterocycles. The van der Waals surface area contributed by atoms with Crippen molar-refractivity contribution in [2.24, 2.45) is 0 Å². The second-order valence-corrected chi connectivity index (χ2v) is 5.00. The summed E-state index contributed by atoms with van der Waals surface area (Å²) in [5, 5.41) is 2.79. The highest BCUT2D eigenvalue weighted by atomic mass is 16.5. The lowest BCUT2D eigenvalue weighted by molar-refractivity contribution is -0.134. The number of carbonyl (C=O) groups is 2. The fourth-order valence-electron chi connectivity index (χ4n) is 1.95. The van der Waals surface area contributed by atoms with Gasteiger partial charge in [-0.25, -0.2) is 0 Å². The van der Waals surface area contributed by atoms with E-state index in [2.05, 4.69) is 5.32 Å². The van der Waals surface area contributed by atoms with Gasteiger partial charge in [0, 0.05) is 33.7 Å². The quantitative estimate of drug-likeness (QED) is 0.739. The number of ether oxygens (including phenoxy) is 1. The fraction of sp³-hybridized carbons (Fsp3) is 0.500. The Morgan fingerprint density at radius 3 is 2.62 bits per heavy atom. The summed E-state index contributed by atoms with van der Waals surface area (Å²) in [7, 11) is 1.63. The molecule has 21 heavy (non-hydrogen) atoms. The Labute approximate surface area is 126 Å². The van der Waals surface area contributed by atoms with Crippen molar-refractivity contribution in [3.63, 3.8) is 0 Å². The number of hydrogen-bond acceptors (Lipinski definition) is 3. The van der Waals surface area contributed by atoms with Gasteiger partial charge in [-0.15, -0.1) is 0 Å². The smallest absolute Gasteiger partial charge is 0.239 e. The zero-order chi connectivity index (χ0) is 15.7. The molecule has 1 rings (SSSR count). The normalized spacial score (nSPS) is 10.2. The molecule has 0 saturated carbocycles. The maximum absolute atomic E-state index is 11.9. The number of carbonyl (C=O) groups excluding carboxylic acids is 2. The van der Waals surface area contributed by atoms with Crippen LogP contribution in [-0.2, 0) is 20.9 Å². The standard InChI is InChI=1S/C16H24N2O3/c1-13-7-4-5-8-15(13)11-18(14(2)19)12-16(20)17-9-6-10-21-3/h4-5,7-8H,6,9-12H2,1-3H3,(H,17,20). The SMILES string of the molecule is COCCCNC(=O)CN(Cc1ccccc1C)C(C)=O. The third-order valence-corrected chi connectivity index (χ3v) is 3.25. The van der Waals surface area contributed by atoms with Gasteiger partial charge in [-0.05, 0) is 24.5 Å². The minimum absolute atomic E-state index is 0.0800. The van der Waals surface area contributed by atoms with Gasteiger partial charge in [0.25, 0.3) is 0 Å². The van der Waals surface area contributed by atoms with Crippen LogP contribution in [-0.4, -0.2) is 43.5 Å². The maximum Gasteiger partial charge on any atom is 0.239 e. The minimum Gasteiger partial charge on any atom is -0.385 e. The molecule has 2 amide bonds. The molecule has 0 unspecified atom stereocenters. The van der Waals surface area contributed by atoms with E-state index in [0.717, 1.165) is 17.5 Å². The minimum atomic E-state index is -0.144. The van der Waals surface area contributed by atoms with E-state index in [1.165, 1.54) is 6.92 Å². The number of nitrogens with zero attached hydrogens (tertiary/aromatic N) is 1. The first-order valence-electron chi connectivity index (χ1n) is 7.10. The third-order valence-electron chi connectivity index (χ3n) is 3.25. The highest BCUT2D eigenvalue weighted by Crippen LogP contribution is 2.10. The number of aryl methyl sites for hydroxylation is 1. The summed E-state index contributed by atoms with van der Waals surface area (Å²) < 4.78 is 4.92. The molecular weight excluding hydrogens is 268 g/mol. The Bertz CT molecular complexity index is 474. The van der Waals surface area contributed by atoms with E-state index in [0.29, 0.717) is 19.7 Å². The average molecular weight is 292 g/mol. The van der Waals surface area contributed by atoms with Gasteiger partial charge >= 0.3 is 0 Å². The largest absolute Gasteiger partial charge is 0.385 e. The van der Waals surface area contributed by atoms with E-state index in [4.69, 9.17) is 4.74 Å². The number of methoxy groups -OCH3 is 1. The monoisotopic (exact) mass is 292 g/mol. The summed E-state index contributed by atoms with van der Waals surface area (Å²) in [5.74, 6) is -0.250. The molecule has 5 heteroatoms. The van der Waals surface area contributed by atoms with Crippen LogP contribution >= 0.6 is 0 Å². The molecule has 1 N–H and O–H groups in total. The highest BCUT2D eigenvalue weighted by molar-refractivity contribution is 5.83. The lowest BCUT2D eigenvalue weighted by atomic mass is 10.1. The number of hydrogen-bond donors (Lipinski definition) is 1. The summed E-state index contributed by atoms with van der Waals surface area (Å²) in [6.07, 6.45) is 0.764. The summed E-state index contributed by atoms with van der Waals surface area (Å²) in [6.45, 7) is 5.18. The zero-order valence-corrected chi connectivity index (χ0v) is 13.0. The van der Waals surface area contributed by atoms with Gasteiger partial charge in [0.15, 0.2) is 0 Å². The van der Waals surface area contributed by atoms with Gasteiger partial charge in [0.05, 0.1) is 6.54 Å². The Kier molecular flexibility index (Phi) is 7.46.